The van der Waals surface area contributed by atoms with Gasteiger partial charge in [-0.3, -0.25) is 0 Å². The van der Waals surface area contributed by atoms with Crippen molar-refractivity contribution in [2.24, 2.45) is 0 Å². The molecule has 0 aliphatic heterocycles. The molecule has 6 heteroatoms. The number of nitrogens with one attached hydrogen (secondary N) is 1. The van der Waals surface area contributed by atoms with E-state index in [1.165, 1.54) is 23.7 Å². The molecule has 20 heavy (non-hydrogen) atoms. The van der Waals surface area contributed by atoms with E-state index in [-0.39, 0.29) is 11.9 Å². The third-order valence-corrected chi connectivity index (χ3v) is 4.36. The Labute approximate surface area is 127 Å². The second kappa shape index (κ2) is 7.11. The summed E-state index contributed by atoms with van der Waals surface area (Å²) in [4.78, 5) is 1.13. The first-order valence-corrected chi connectivity index (χ1v) is 7.79. The lowest BCUT2D eigenvalue weighted by Gasteiger charge is -2.17. The maximum absolute atomic E-state index is 13.1. The second-order valence-corrected chi connectivity index (χ2v) is 5.68. The van der Waals surface area contributed by atoms with E-state index in [4.69, 9.17) is 11.6 Å². The summed E-state index contributed by atoms with van der Waals surface area (Å²) in [5.74, 6) is -0.313. The first-order valence-electron chi connectivity index (χ1n) is 6.64. The van der Waals surface area contributed by atoms with Crippen LogP contribution in [0.3, 0.4) is 0 Å². The third-order valence-electron chi connectivity index (χ3n) is 3.13. The van der Waals surface area contributed by atoms with Crippen LogP contribution in [0, 0.1) is 5.82 Å². The van der Waals surface area contributed by atoms with Gasteiger partial charge in [0.15, 0.2) is 0 Å². The molecule has 0 bridgehead atoms. The molecular formula is C14H17ClFN3S. The number of benzene rings is 1. The van der Waals surface area contributed by atoms with Crippen LogP contribution in [0.5, 0.6) is 0 Å². The Morgan fingerprint density at radius 2 is 2.20 bits per heavy atom. The fraction of sp³-hybridized carbons (Fsp3) is 0.429. The van der Waals surface area contributed by atoms with Crippen molar-refractivity contribution in [2.75, 3.05) is 6.54 Å². The summed E-state index contributed by atoms with van der Waals surface area (Å²) in [6.07, 6.45) is 1.55. The topological polar surface area (TPSA) is 37.8 Å². The maximum atomic E-state index is 13.1. The first kappa shape index (κ1) is 15.4. The van der Waals surface area contributed by atoms with Gasteiger partial charge in [0.25, 0.3) is 0 Å². The zero-order chi connectivity index (χ0) is 14.5. The lowest BCUT2D eigenvalue weighted by atomic mass is 10.0. The molecule has 1 N–H and O–H groups in total. The minimum absolute atomic E-state index is 0.109. The summed E-state index contributed by atoms with van der Waals surface area (Å²) in [6, 6.07) is 4.64. The van der Waals surface area contributed by atoms with Crippen molar-refractivity contribution in [1.29, 1.82) is 0 Å². The van der Waals surface area contributed by atoms with Gasteiger partial charge in [-0.1, -0.05) is 36.0 Å². The molecular weight excluding hydrogens is 297 g/mol. The fourth-order valence-corrected chi connectivity index (χ4v) is 3.19. The molecule has 2 rings (SSSR count). The highest BCUT2D eigenvalue weighted by molar-refractivity contribution is 7.05. The van der Waals surface area contributed by atoms with E-state index in [0.717, 1.165) is 29.1 Å². The van der Waals surface area contributed by atoms with E-state index in [1.807, 2.05) is 0 Å². The van der Waals surface area contributed by atoms with Crippen molar-refractivity contribution in [3.05, 3.63) is 45.2 Å². The molecule has 0 aliphatic rings. The molecule has 2 aromatic rings. The number of nitrogens with zero attached hydrogens (tertiary/aromatic N) is 2. The van der Waals surface area contributed by atoms with Crippen LogP contribution in [-0.2, 0) is 12.8 Å². The highest BCUT2D eigenvalue weighted by Gasteiger charge is 2.19. The Hall–Kier alpha value is -1.04. The largest absolute Gasteiger partial charge is 0.309 e. The molecule has 0 saturated heterocycles. The first-order chi connectivity index (χ1) is 9.65. The number of aryl methyl sites for hydroxylation is 1. The summed E-state index contributed by atoms with van der Waals surface area (Å²) >= 11 is 7.52. The number of rotatable bonds is 6. The molecule has 1 aromatic carbocycles. The van der Waals surface area contributed by atoms with Crippen molar-refractivity contribution < 1.29 is 4.39 Å². The van der Waals surface area contributed by atoms with Gasteiger partial charge in [-0.05, 0) is 48.6 Å². The zero-order valence-electron chi connectivity index (χ0n) is 11.5. The quantitative estimate of drug-likeness (QED) is 0.881. The van der Waals surface area contributed by atoms with Gasteiger partial charge in [-0.15, -0.1) is 5.10 Å². The van der Waals surface area contributed by atoms with E-state index < -0.39 is 0 Å². The van der Waals surface area contributed by atoms with E-state index in [1.54, 1.807) is 6.07 Å². The molecule has 1 atom stereocenters. The Kier molecular flexibility index (Phi) is 5.46. The van der Waals surface area contributed by atoms with Gasteiger partial charge in [0, 0.05) is 11.1 Å². The van der Waals surface area contributed by atoms with Crippen LogP contribution >= 0.6 is 23.1 Å². The van der Waals surface area contributed by atoms with Crippen molar-refractivity contribution in [2.45, 2.75) is 32.7 Å². The molecule has 108 valence electrons. The molecule has 0 fully saturated rings. The van der Waals surface area contributed by atoms with E-state index in [9.17, 15) is 4.39 Å². The van der Waals surface area contributed by atoms with Crippen molar-refractivity contribution in [3.63, 3.8) is 0 Å². The minimum Gasteiger partial charge on any atom is -0.309 e. The van der Waals surface area contributed by atoms with Crippen molar-refractivity contribution in [1.82, 2.24) is 14.9 Å². The number of aromatic nitrogens is 2. The van der Waals surface area contributed by atoms with Gasteiger partial charge in [0.2, 0.25) is 0 Å². The number of halogens is 2. The van der Waals surface area contributed by atoms with Gasteiger partial charge in [0.1, 0.15) is 5.82 Å². The SMILES string of the molecule is CCNC(Cc1ccc(F)cc1Cl)c1snnc1CC. The molecule has 3 nitrogen and oxygen atoms in total. The predicted molar refractivity (Wildman–Crippen MR) is 80.8 cm³/mol. The van der Waals surface area contributed by atoms with Crippen LogP contribution in [0.25, 0.3) is 0 Å². The molecule has 0 amide bonds. The smallest absolute Gasteiger partial charge is 0.124 e. The van der Waals surface area contributed by atoms with Crippen LogP contribution in [0.2, 0.25) is 5.02 Å². The lowest BCUT2D eigenvalue weighted by Crippen LogP contribution is -2.23. The van der Waals surface area contributed by atoms with Crippen molar-refractivity contribution in [3.8, 4) is 0 Å². The molecule has 0 saturated carbocycles. The summed E-state index contributed by atoms with van der Waals surface area (Å²) in [5.41, 5.74) is 1.94. The molecule has 1 unspecified atom stereocenters. The van der Waals surface area contributed by atoms with Gasteiger partial charge in [-0.2, -0.15) is 0 Å². The lowest BCUT2D eigenvalue weighted by molar-refractivity contribution is 0.552. The zero-order valence-corrected chi connectivity index (χ0v) is 13.1. The third kappa shape index (κ3) is 3.53. The van der Waals surface area contributed by atoms with Crippen LogP contribution in [0.1, 0.15) is 36.0 Å². The van der Waals surface area contributed by atoms with Crippen molar-refractivity contribution >= 4 is 23.1 Å². The van der Waals surface area contributed by atoms with Gasteiger partial charge >= 0.3 is 0 Å². The van der Waals surface area contributed by atoms with Gasteiger partial charge < -0.3 is 5.32 Å². The highest BCUT2D eigenvalue weighted by atomic mass is 35.5. The Balaban J connectivity index is 2.25. The van der Waals surface area contributed by atoms with Crippen LogP contribution < -0.4 is 5.32 Å². The monoisotopic (exact) mass is 313 g/mol. The standard InChI is InChI=1S/C14H17ClFN3S/c1-3-12-14(20-19-18-12)13(17-4-2)7-9-5-6-10(16)8-11(9)15/h5-6,8,13,17H,3-4,7H2,1-2H3. The summed E-state index contributed by atoms with van der Waals surface area (Å²) in [7, 11) is 0. The normalized spacial score (nSPS) is 12.6. The van der Waals surface area contributed by atoms with E-state index in [2.05, 4.69) is 28.8 Å². The molecule has 0 aliphatic carbocycles. The Morgan fingerprint density at radius 1 is 1.40 bits per heavy atom. The van der Waals surface area contributed by atoms with Crippen LogP contribution in [0.4, 0.5) is 4.39 Å². The predicted octanol–water partition coefficient (Wildman–Crippen LogP) is 3.79. The Morgan fingerprint density at radius 3 is 2.85 bits per heavy atom. The minimum atomic E-state index is -0.313. The number of hydrogen-bond donors (Lipinski definition) is 1. The van der Waals surface area contributed by atoms with Crippen LogP contribution in [-0.4, -0.2) is 16.1 Å². The average Bonchev–Trinajstić information content (AvgIpc) is 2.89. The summed E-state index contributed by atoms with van der Waals surface area (Å²) in [6.45, 7) is 4.96. The summed E-state index contributed by atoms with van der Waals surface area (Å²) < 4.78 is 17.1. The fourth-order valence-electron chi connectivity index (χ4n) is 2.14. The van der Waals surface area contributed by atoms with E-state index in [0.29, 0.717) is 11.4 Å². The molecule has 1 aromatic heterocycles. The highest BCUT2D eigenvalue weighted by Crippen LogP contribution is 2.27. The summed E-state index contributed by atoms with van der Waals surface area (Å²) in [5, 5.41) is 8.04. The maximum Gasteiger partial charge on any atom is 0.124 e. The molecule has 0 spiro atoms. The second-order valence-electron chi connectivity index (χ2n) is 4.49. The molecule has 1 heterocycles. The number of hydrogen-bond acceptors (Lipinski definition) is 4. The molecule has 0 radical (unpaired) electrons. The van der Waals surface area contributed by atoms with Gasteiger partial charge in [-0.25, -0.2) is 4.39 Å². The Bertz CT molecular complexity index is 573. The van der Waals surface area contributed by atoms with E-state index >= 15 is 0 Å². The average molecular weight is 314 g/mol. The van der Waals surface area contributed by atoms with Crippen LogP contribution in [0.15, 0.2) is 18.2 Å². The number of likely N-dealkylation sites (N-methyl/N-ethyl adjacent to an activating group) is 1. The van der Waals surface area contributed by atoms with Gasteiger partial charge in [0.05, 0.1) is 10.6 Å².